The molecule has 2 N–H and O–H groups in total. The van der Waals surface area contributed by atoms with E-state index in [1.165, 1.54) is 12.1 Å². The van der Waals surface area contributed by atoms with Gasteiger partial charge in [0, 0.05) is 5.02 Å². The van der Waals surface area contributed by atoms with E-state index in [0.717, 1.165) is 11.1 Å². The first kappa shape index (κ1) is 25.4. The van der Waals surface area contributed by atoms with Crippen molar-refractivity contribution in [2.45, 2.75) is 24.3 Å². The second-order valence-electron chi connectivity index (χ2n) is 8.22. The average molecular weight is 521 g/mol. The number of rotatable bonds is 9. The van der Waals surface area contributed by atoms with E-state index in [4.69, 9.17) is 16.3 Å². The average Bonchev–Trinajstić information content (AvgIpc) is 2.87. The number of aryl methyl sites for hydroxylation is 1. The van der Waals surface area contributed by atoms with Gasteiger partial charge in [0.25, 0.3) is 0 Å². The fourth-order valence-corrected chi connectivity index (χ4v) is 4.90. The van der Waals surface area contributed by atoms with Gasteiger partial charge < -0.3 is 10.1 Å². The van der Waals surface area contributed by atoms with Crippen molar-refractivity contribution in [1.29, 1.82) is 0 Å². The first-order valence-corrected chi connectivity index (χ1v) is 13.1. The lowest BCUT2D eigenvalue weighted by molar-refractivity contribution is -0.117. The zero-order valence-corrected chi connectivity index (χ0v) is 21.1. The van der Waals surface area contributed by atoms with Crippen LogP contribution in [0.5, 0.6) is 11.5 Å². The lowest BCUT2D eigenvalue weighted by atomic mass is 10.1. The van der Waals surface area contributed by atoms with E-state index in [2.05, 4.69) is 10.0 Å². The topological polar surface area (TPSA) is 84.5 Å². The van der Waals surface area contributed by atoms with Crippen molar-refractivity contribution in [2.24, 2.45) is 0 Å². The van der Waals surface area contributed by atoms with Gasteiger partial charge in [-0.2, -0.15) is 4.72 Å². The molecular weight excluding hydrogens is 496 g/mol. The Kier molecular flexibility index (Phi) is 8.05. The van der Waals surface area contributed by atoms with E-state index >= 15 is 0 Å². The molecule has 184 valence electrons. The summed E-state index contributed by atoms with van der Waals surface area (Å²) in [5.74, 6) is 0.407. The highest BCUT2D eigenvalue weighted by Crippen LogP contribution is 2.32. The molecular formula is C28H25ClN2O4S. The molecule has 0 aliphatic carbocycles. The summed E-state index contributed by atoms with van der Waals surface area (Å²) in [7, 11) is -3.97. The van der Waals surface area contributed by atoms with Gasteiger partial charge in [0.15, 0.2) is 5.75 Å². The zero-order valence-electron chi connectivity index (χ0n) is 19.5. The lowest BCUT2D eigenvalue weighted by Crippen LogP contribution is -2.45. The Morgan fingerprint density at radius 2 is 1.53 bits per heavy atom. The second-order valence-corrected chi connectivity index (χ2v) is 10.4. The Morgan fingerprint density at radius 1 is 0.889 bits per heavy atom. The molecule has 0 aliphatic heterocycles. The molecule has 0 aliphatic rings. The van der Waals surface area contributed by atoms with Crippen LogP contribution in [0.2, 0.25) is 5.02 Å². The highest BCUT2D eigenvalue weighted by atomic mass is 35.5. The Balaban J connectivity index is 1.62. The van der Waals surface area contributed by atoms with E-state index in [9.17, 15) is 13.2 Å². The molecule has 0 bridgehead atoms. The third-order valence-corrected chi connectivity index (χ3v) is 7.12. The van der Waals surface area contributed by atoms with E-state index in [1.54, 1.807) is 42.5 Å². The third kappa shape index (κ3) is 6.73. The molecule has 4 rings (SSSR count). The molecule has 0 aromatic heterocycles. The van der Waals surface area contributed by atoms with Gasteiger partial charge in [-0.05, 0) is 61.4 Å². The van der Waals surface area contributed by atoms with Crippen molar-refractivity contribution in [3.8, 4) is 11.5 Å². The molecule has 0 saturated carbocycles. The van der Waals surface area contributed by atoms with Crippen LogP contribution in [0, 0.1) is 6.92 Å². The Labute approximate surface area is 216 Å². The summed E-state index contributed by atoms with van der Waals surface area (Å²) in [6.07, 6.45) is 0.146. The molecule has 36 heavy (non-hydrogen) atoms. The van der Waals surface area contributed by atoms with Gasteiger partial charge in [0.05, 0.1) is 10.6 Å². The molecule has 0 unspecified atom stereocenters. The smallest absolute Gasteiger partial charge is 0.243 e. The van der Waals surface area contributed by atoms with Gasteiger partial charge in [-0.15, -0.1) is 0 Å². The summed E-state index contributed by atoms with van der Waals surface area (Å²) < 4.78 is 34.8. The number of carbonyl (C=O) groups is 1. The lowest BCUT2D eigenvalue weighted by Gasteiger charge is -2.20. The second kappa shape index (κ2) is 11.4. The van der Waals surface area contributed by atoms with Gasteiger partial charge >= 0.3 is 0 Å². The number of halogens is 1. The largest absolute Gasteiger partial charge is 0.455 e. The van der Waals surface area contributed by atoms with Crippen molar-refractivity contribution in [3.63, 3.8) is 0 Å². The maximum absolute atomic E-state index is 13.5. The normalized spacial score (nSPS) is 12.1. The van der Waals surface area contributed by atoms with Crippen LogP contribution in [0.15, 0.2) is 108 Å². The quantitative estimate of drug-likeness (QED) is 0.285. The molecule has 4 aromatic carbocycles. The first-order valence-electron chi connectivity index (χ1n) is 11.3. The number of ether oxygens (including phenoxy) is 1. The predicted octanol–water partition coefficient (Wildman–Crippen LogP) is 5.97. The Bertz CT molecular complexity index is 1430. The Hall–Kier alpha value is -3.65. The number of benzene rings is 4. The minimum atomic E-state index is -3.97. The van der Waals surface area contributed by atoms with Crippen LogP contribution >= 0.6 is 11.6 Å². The number of sulfonamides is 1. The molecule has 0 spiro atoms. The maximum Gasteiger partial charge on any atom is 0.243 e. The molecule has 0 radical (unpaired) electrons. The summed E-state index contributed by atoms with van der Waals surface area (Å²) in [4.78, 5) is 13.5. The molecule has 0 saturated heterocycles. The predicted molar refractivity (Wildman–Crippen MR) is 142 cm³/mol. The Morgan fingerprint density at radius 3 is 2.19 bits per heavy atom. The van der Waals surface area contributed by atoms with Crippen LogP contribution in [0.25, 0.3) is 0 Å². The maximum atomic E-state index is 13.5. The van der Waals surface area contributed by atoms with Gasteiger partial charge in [0.2, 0.25) is 15.9 Å². The minimum Gasteiger partial charge on any atom is -0.455 e. The van der Waals surface area contributed by atoms with E-state index in [1.807, 2.05) is 55.5 Å². The van der Waals surface area contributed by atoms with Crippen LogP contribution in [-0.2, 0) is 21.2 Å². The summed E-state index contributed by atoms with van der Waals surface area (Å²) in [5.41, 5.74) is 2.06. The van der Waals surface area contributed by atoms with E-state index < -0.39 is 22.0 Å². The van der Waals surface area contributed by atoms with Crippen molar-refractivity contribution >= 4 is 33.2 Å². The highest BCUT2D eigenvalue weighted by molar-refractivity contribution is 7.89. The molecule has 1 atom stereocenters. The highest BCUT2D eigenvalue weighted by Gasteiger charge is 2.27. The van der Waals surface area contributed by atoms with Gasteiger partial charge in [-0.1, -0.05) is 77.8 Å². The standard InChI is InChI=1S/C28H25ClN2O4S/c1-20-12-15-24(16-13-20)36(33,34)31-26(18-21-8-4-2-5-9-21)28(32)30-25-19-22(29)14-17-27(25)35-23-10-6-3-7-11-23/h2-17,19,26,31H,18H2,1H3,(H,30,32)/t26-/m0/s1. The molecule has 0 fully saturated rings. The van der Waals surface area contributed by atoms with Crippen molar-refractivity contribution in [1.82, 2.24) is 4.72 Å². The monoisotopic (exact) mass is 520 g/mol. The van der Waals surface area contributed by atoms with Crippen molar-refractivity contribution < 1.29 is 17.9 Å². The summed E-state index contributed by atoms with van der Waals surface area (Å²) in [5, 5.41) is 3.19. The van der Waals surface area contributed by atoms with E-state index in [-0.39, 0.29) is 11.3 Å². The fraction of sp³-hybridized carbons (Fsp3) is 0.107. The zero-order chi connectivity index (χ0) is 25.5. The summed E-state index contributed by atoms with van der Waals surface area (Å²) in [6, 6.07) is 28.5. The SMILES string of the molecule is Cc1ccc(S(=O)(=O)N[C@@H](Cc2ccccc2)C(=O)Nc2cc(Cl)ccc2Oc2ccccc2)cc1. The summed E-state index contributed by atoms with van der Waals surface area (Å²) >= 11 is 6.19. The molecule has 4 aromatic rings. The molecule has 6 nitrogen and oxygen atoms in total. The fourth-order valence-electron chi connectivity index (χ4n) is 3.53. The van der Waals surface area contributed by atoms with Gasteiger partial charge in [0.1, 0.15) is 11.8 Å². The first-order chi connectivity index (χ1) is 17.3. The number of anilines is 1. The van der Waals surface area contributed by atoms with Crippen molar-refractivity contribution in [2.75, 3.05) is 5.32 Å². The molecule has 1 amide bonds. The van der Waals surface area contributed by atoms with Gasteiger partial charge in [-0.25, -0.2) is 8.42 Å². The van der Waals surface area contributed by atoms with Crippen LogP contribution in [0.3, 0.4) is 0 Å². The number of hydrogen-bond donors (Lipinski definition) is 2. The number of nitrogens with one attached hydrogen (secondary N) is 2. The van der Waals surface area contributed by atoms with E-state index in [0.29, 0.717) is 22.2 Å². The van der Waals surface area contributed by atoms with Crippen LogP contribution in [0.1, 0.15) is 11.1 Å². The van der Waals surface area contributed by atoms with Gasteiger partial charge in [-0.3, -0.25) is 4.79 Å². The number of hydrogen-bond acceptors (Lipinski definition) is 4. The minimum absolute atomic E-state index is 0.0785. The number of carbonyl (C=O) groups excluding carboxylic acids is 1. The van der Waals surface area contributed by atoms with Crippen LogP contribution < -0.4 is 14.8 Å². The molecule has 8 heteroatoms. The van der Waals surface area contributed by atoms with Crippen LogP contribution in [-0.4, -0.2) is 20.4 Å². The number of amides is 1. The van der Waals surface area contributed by atoms with Crippen molar-refractivity contribution in [3.05, 3.63) is 119 Å². The third-order valence-electron chi connectivity index (χ3n) is 5.40. The van der Waals surface area contributed by atoms with Crippen LogP contribution in [0.4, 0.5) is 5.69 Å². The summed E-state index contributed by atoms with van der Waals surface area (Å²) in [6.45, 7) is 1.87. The number of para-hydroxylation sites is 1. The molecule has 0 heterocycles.